The van der Waals surface area contributed by atoms with Crippen LogP contribution in [0.2, 0.25) is 0 Å². The van der Waals surface area contributed by atoms with Crippen LogP contribution in [0.5, 0.6) is 5.75 Å². The number of carbonyl (C=O) groups excluding carboxylic acids is 1. The number of hydrogen-bond acceptors (Lipinski definition) is 5. The first kappa shape index (κ1) is 23.3. The van der Waals surface area contributed by atoms with Crippen molar-refractivity contribution < 1.29 is 18.3 Å². The Morgan fingerprint density at radius 1 is 1.25 bits per heavy atom. The van der Waals surface area contributed by atoms with Crippen LogP contribution in [0.3, 0.4) is 0 Å². The summed E-state index contributed by atoms with van der Waals surface area (Å²) in [5.41, 5.74) is 0.116. The Hall–Kier alpha value is -3.36. The van der Waals surface area contributed by atoms with Crippen LogP contribution < -0.4 is 10.1 Å². The lowest BCUT2D eigenvalue weighted by Gasteiger charge is -2.28. The number of amides is 1. The van der Waals surface area contributed by atoms with Gasteiger partial charge in [0.15, 0.2) is 11.4 Å². The van der Waals surface area contributed by atoms with Crippen molar-refractivity contribution in [2.24, 2.45) is 5.18 Å². The normalized spacial score (nSPS) is 13.0. The number of nitroso groups, excluding NO2 is 1. The van der Waals surface area contributed by atoms with Gasteiger partial charge >= 0.3 is 0 Å². The molecular formula is C23H26F2N4O3. The summed E-state index contributed by atoms with van der Waals surface area (Å²) in [6.07, 6.45) is 4.02. The largest absolute Gasteiger partial charge is 0.485 e. The molecule has 32 heavy (non-hydrogen) atoms. The van der Waals surface area contributed by atoms with Gasteiger partial charge in [-0.3, -0.25) is 9.20 Å². The van der Waals surface area contributed by atoms with Crippen molar-refractivity contribution in [1.29, 1.82) is 0 Å². The van der Waals surface area contributed by atoms with Crippen LogP contribution >= 0.6 is 0 Å². The fraction of sp³-hybridized carbons (Fsp3) is 0.391. The van der Waals surface area contributed by atoms with E-state index in [1.165, 1.54) is 6.07 Å². The Balaban J connectivity index is 1.89. The zero-order chi connectivity index (χ0) is 23.3. The number of ether oxygens (including phenoxy) is 1. The number of unbranched alkanes of at least 4 members (excludes halogenated alkanes) is 1. The molecule has 0 unspecified atom stereocenters. The number of fused-ring (bicyclic) bond motifs is 1. The molecule has 2 aromatic heterocycles. The van der Waals surface area contributed by atoms with Gasteiger partial charge in [0.1, 0.15) is 30.5 Å². The van der Waals surface area contributed by atoms with Gasteiger partial charge in [0.25, 0.3) is 5.91 Å². The molecule has 1 amide bonds. The lowest BCUT2D eigenvalue weighted by molar-refractivity contribution is 0.0896. The van der Waals surface area contributed by atoms with E-state index in [9.17, 15) is 18.5 Å². The molecule has 0 saturated heterocycles. The minimum atomic E-state index is -0.776. The molecule has 0 fully saturated rings. The van der Waals surface area contributed by atoms with Crippen molar-refractivity contribution in [2.45, 2.75) is 52.2 Å². The third-order valence-corrected chi connectivity index (χ3v) is 5.35. The van der Waals surface area contributed by atoms with E-state index in [2.05, 4.69) is 15.5 Å². The maximum atomic E-state index is 13.9. The zero-order valence-corrected chi connectivity index (χ0v) is 18.3. The van der Waals surface area contributed by atoms with Crippen molar-refractivity contribution in [3.05, 3.63) is 70.0 Å². The molecule has 170 valence electrons. The molecule has 1 atom stereocenters. The number of pyridine rings is 1. The smallest absolute Gasteiger partial charge is 0.270 e. The number of aromatic nitrogens is 2. The lowest BCUT2D eigenvalue weighted by atomic mass is 9.94. The number of benzene rings is 1. The Bertz CT molecular complexity index is 1110. The second kappa shape index (κ2) is 9.84. The third-order valence-electron chi connectivity index (χ3n) is 5.35. The highest BCUT2D eigenvalue weighted by atomic mass is 19.1. The fourth-order valence-electron chi connectivity index (χ4n) is 3.59. The molecule has 3 aromatic rings. The highest BCUT2D eigenvalue weighted by Gasteiger charge is 2.29. The van der Waals surface area contributed by atoms with Gasteiger partial charge in [0.2, 0.25) is 0 Å². The fourth-order valence-corrected chi connectivity index (χ4v) is 3.59. The van der Waals surface area contributed by atoms with E-state index in [0.29, 0.717) is 17.8 Å². The Labute approximate surface area is 184 Å². The van der Waals surface area contributed by atoms with Crippen LogP contribution in [0.1, 0.15) is 54.9 Å². The number of halogens is 2. The van der Waals surface area contributed by atoms with Gasteiger partial charge in [-0.2, -0.15) is 4.91 Å². The molecule has 1 N–H and O–H groups in total. The standard InChI is InChI=1S/C23H26F2N4O3/c1-4-5-11-23(3,14-26-31)28-22(30)20-15(2)27-21-19(10-7-12-29(20)21)32-13-16-17(24)8-6-9-18(16)25/h6-10,12H,4-5,11,13-14H2,1-3H3,(H,28,30)/t23-/m1/s1. The molecule has 2 heterocycles. The molecule has 0 aliphatic carbocycles. The van der Waals surface area contributed by atoms with E-state index < -0.39 is 23.1 Å². The molecule has 3 rings (SSSR count). The van der Waals surface area contributed by atoms with Crippen molar-refractivity contribution >= 4 is 11.6 Å². The van der Waals surface area contributed by atoms with Crippen LogP contribution in [0.25, 0.3) is 5.65 Å². The number of nitrogens with one attached hydrogen (secondary N) is 1. The van der Waals surface area contributed by atoms with Crippen LogP contribution in [-0.4, -0.2) is 27.4 Å². The van der Waals surface area contributed by atoms with Crippen molar-refractivity contribution in [2.75, 3.05) is 6.54 Å². The molecule has 1 aromatic carbocycles. The summed E-state index contributed by atoms with van der Waals surface area (Å²) in [7, 11) is 0. The summed E-state index contributed by atoms with van der Waals surface area (Å²) in [6.45, 7) is 5.13. The number of nitrogens with zero attached hydrogens (tertiary/aromatic N) is 3. The second-order valence-electron chi connectivity index (χ2n) is 8.01. The third kappa shape index (κ3) is 4.92. The molecule has 0 spiro atoms. The molecular weight excluding hydrogens is 418 g/mol. The number of imidazole rings is 1. The number of aryl methyl sites for hydroxylation is 1. The minimum Gasteiger partial charge on any atom is -0.485 e. The summed E-state index contributed by atoms with van der Waals surface area (Å²) in [5, 5.41) is 5.92. The van der Waals surface area contributed by atoms with E-state index in [1.807, 2.05) is 6.92 Å². The van der Waals surface area contributed by atoms with Crippen molar-refractivity contribution in [1.82, 2.24) is 14.7 Å². The molecule has 0 aliphatic heterocycles. The monoisotopic (exact) mass is 444 g/mol. The first-order valence-corrected chi connectivity index (χ1v) is 10.4. The molecule has 0 aliphatic rings. The molecule has 9 heteroatoms. The van der Waals surface area contributed by atoms with Gasteiger partial charge < -0.3 is 10.1 Å². The van der Waals surface area contributed by atoms with Gasteiger partial charge in [-0.15, -0.1) is 0 Å². The van der Waals surface area contributed by atoms with Crippen LogP contribution in [0.4, 0.5) is 8.78 Å². The van der Waals surface area contributed by atoms with Gasteiger partial charge in [-0.25, -0.2) is 13.8 Å². The van der Waals surface area contributed by atoms with Crippen LogP contribution in [0.15, 0.2) is 41.7 Å². The summed E-state index contributed by atoms with van der Waals surface area (Å²) in [4.78, 5) is 28.5. The highest BCUT2D eigenvalue weighted by Crippen LogP contribution is 2.25. The summed E-state index contributed by atoms with van der Waals surface area (Å²) in [6, 6.07) is 6.87. The van der Waals surface area contributed by atoms with Gasteiger partial charge in [0, 0.05) is 6.20 Å². The second-order valence-corrected chi connectivity index (χ2v) is 8.01. The first-order valence-electron chi connectivity index (χ1n) is 10.4. The molecule has 0 saturated carbocycles. The van der Waals surface area contributed by atoms with Crippen LogP contribution in [-0.2, 0) is 6.61 Å². The maximum absolute atomic E-state index is 13.9. The Morgan fingerprint density at radius 3 is 2.62 bits per heavy atom. The van der Waals surface area contributed by atoms with Gasteiger partial charge in [0.05, 0.1) is 16.8 Å². The van der Waals surface area contributed by atoms with E-state index in [0.717, 1.165) is 25.0 Å². The van der Waals surface area contributed by atoms with Crippen molar-refractivity contribution in [3.8, 4) is 5.75 Å². The SMILES string of the molecule is CCCC[C@](C)(CN=O)NC(=O)c1c(C)nc2c(OCc3c(F)cccc3F)cccn12. The topological polar surface area (TPSA) is 85.1 Å². The summed E-state index contributed by atoms with van der Waals surface area (Å²) >= 11 is 0. The first-order chi connectivity index (χ1) is 15.3. The number of carbonyl (C=O) groups is 1. The number of hydrogen-bond donors (Lipinski definition) is 1. The Morgan fingerprint density at radius 2 is 1.97 bits per heavy atom. The summed E-state index contributed by atoms with van der Waals surface area (Å²) in [5.74, 6) is -1.52. The lowest BCUT2D eigenvalue weighted by Crippen LogP contribution is -2.48. The molecule has 0 radical (unpaired) electrons. The van der Waals surface area contributed by atoms with E-state index >= 15 is 0 Å². The van der Waals surface area contributed by atoms with E-state index in [1.54, 1.807) is 36.6 Å². The molecule has 0 bridgehead atoms. The van der Waals surface area contributed by atoms with Gasteiger partial charge in [-0.1, -0.05) is 31.0 Å². The zero-order valence-electron chi connectivity index (χ0n) is 18.3. The predicted octanol–water partition coefficient (Wildman–Crippen LogP) is 4.95. The van der Waals surface area contributed by atoms with E-state index in [4.69, 9.17) is 4.74 Å². The number of rotatable bonds is 10. The average Bonchev–Trinajstić information content (AvgIpc) is 3.08. The Kier molecular flexibility index (Phi) is 7.17. The maximum Gasteiger partial charge on any atom is 0.270 e. The van der Waals surface area contributed by atoms with Crippen molar-refractivity contribution in [3.63, 3.8) is 0 Å². The van der Waals surface area contributed by atoms with Gasteiger partial charge in [-0.05, 0) is 44.5 Å². The molecule has 7 nitrogen and oxygen atoms in total. The minimum absolute atomic E-state index is 0.0446. The highest BCUT2D eigenvalue weighted by molar-refractivity contribution is 5.95. The quantitative estimate of drug-likeness (QED) is 0.449. The van der Waals surface area contributed by atoms with E-state index in [-0.39, 0.29) is 30.2 Å². The predicted molar refractivity (Wildman–Crippen MR) is 117 cm³/mol. The van der Waals surface area contributed by atoms with Crippen LogP contribution in [0, 0.1) is 23.5 Å². The average molecular weight is 444 g/mol. The summed E-state index contributed by atoms with van der Waals surface area (Å²) < 4.78 is 35.1.